The van der Waals surface area contributed by atoms with Crippen molar-refractivity contribution in [2.24, 2.45) is 5.92 Å². The van der Waals surface area contributed by atoms with Gasteiger partial charge in [-0.15, -0.1) is 0 Å². The smallest absolute Gasteiger partial charge is 0.317 e. The highest BCUT2D eigenvalue weighted by Gasteiger charge is 2.54. The van der Waals surface area contributed by atoms with E-state index < -0.39 is 15.7 Å². The molecule has 1 saturated carbocycles. The minimum absolute atomic E-state index is 0.0252. The number of hydrogen-bond donors (Lipinski definition) is 1. The molecular formula is C19H25N3O3S. The number of urea groups is 1. The van der Waals surface area contributed by atoms with Gasteiger partial charge in [-0.1, -0.05) is 30.3 Å². The predicted molar refractivity (Wildman–Crippen MR) is 99.7 cm³/mol. The highest BCUT2D eigenvalue weighted by molar-refractivity contribution is 7.87. The van der Waals surface area contributed by atoms with Crippen LogP contribution >= 0.6 is 0 Å². The van der Waals surface area contributed by atoms with Crippen LogP contribution in [0.15, 0.2) is 30.3 Å². The summed E-state index contributed by atoms with van der Waals surface area (Å²) in [6.07, 6.45) is 3.55. The molecule has 1 spiro atoms. The van der Waals surface area contributed by atoms with E-state index in [0.717, 1.165) is 12.1 Å². The second kappa shape index (κ2) is 7.02. The van der Waals surface area contributed by atoms with Crippen molar-refractivity contribution in [3.8, 4) is 0 Å². The lowest BCUT2D eigenvalue weighted by molar-refractivity contribution is -0.131. The minimum Gasteiger partial charge on any atom is -0.334 e. The van der Waals surface area contributed by atoms with Crippen LogP contribution in [0.2, 0.25) is 0 Å². The summed E-state index contributed by atoms with van der Waals surface area (Å²) in [7, 11) is -1.16. The summed E-state index contributed by atoms with van der Waals surface area (Å²) in [4.78, 5) is 27.9. The first-order valence-electron chi connectivity index (χ1n) is 9.34. The maximum absolute atomic E-state index is 12.7. The molecule has 3 aliphatic rings. The standard InChI is InChI=1S/C19H25N3O3S/c23-17-14-26(25)19(22(17)13-16-6-7-16)8-10-21(11-9-19)18(24)20-12-15-4-2-1-3-5-15/h1-5,16H,6-14H2,(H,20,24). The number of hydrogen-bond acceptors (Lipinski definition) is 3. The molecule has 1 aliphatic carbocycles. The van der Waals surface area contributed by atoms with Gasteiger partial charge in [0.25, 0.3) is 0 Å². The molecule has 1 atom stereocenters. The van der Waals surface area contributed by atoms with E-state index in [1.807, 2.05) is 35.2 Å². The minimum atomic E-state index is -1.16. The lowest BCUT2D eigenvalue weighted by atomic mass is 10.0. The van der Waals surface area contributed by atoms with E-state index in [4.69, 9.17) is 0 Å². The zero-order chi connectivity index (χ0) is 18.1. The monoisotopic (exact) mass is 375 g/mol. The van der Waals surface area contributed by atoms with Gasteiger partial charge in [-0.2, -0.15) is 0 Å². The van der Waals surface area contributed by atoms with Crippen molar-refractivity contribution in [3.05, 3.63) is 35.9 Å². The fraction of sp³-hybridized carbons (Fsp3) is 0.579. The average Bonchev–Trinajstić information content (AvgIpc) is 3.45. The Bertz CT molecular complexity index is 712. The molecule has 1 N–H and O–H groups in total. The molecule has 140 valence electrons. The zero-order valence-corrected chi connectivity index (χ0v) is 15.7. The number of rotatable bonds is 4. The average molecular weight is 375 g/mol. The molecule has 2 saturated heterocycles. The maximum atomic E-state index is 12.7. The van der Waals surface area contributed by atoms with Gasteiger partial charge in [-0.25, -0.2) is 4.79 Å². The topological polar surface area (TPSA) is 69.7 Å². The van der Waals surface area contributed by atoms with Crippen LogP contribution in [-0.2, 0) is 22.1 Å². The first-order chi connectivity index (χ1) is 12.6. The Morgan fingerprint density at radius 1 is 1.19 bits per heavy atom. The first kappa shape index (κ1) is 17.5. The van der Waals surface area contributed by atoms with Crippen LogP contribution in [0.25, 0.3) is 0 Å². The summed E-state index contributed by atoms with van der Waals surface area (Å²) in [6.45, 7) is 2.33. The fourth-order valence-electron chi connectivity index (χ4n) is 3.94. The summed E-state index contributed by atoms with van der Waals surface area (Å²) in [6, 6.07) is 9.72. The van der Waals surface area contributed by atoms with Crippen molar-refractivity contribution in [1.29, 1.82) is 0 Å². The third kappa shape index (κ3) is 3.37. The molecule has 7 heteroatoms. The third-order valence-corrected chi connectivity index (χ3v) is 7.71. The Kier molecular flexibility index (Phi) is 4.73. The van der Waals surface area contributed by atoms with E-state index in [-0.39, 0.29) is 17.7 Å². The Morgan fingerprint density at radius 3 is 2.54 bits per heavy atom. The van der Waals surface area contributed by atoms with Crippen LogP contribution in [0.5, 0.6) is 0 Å². The van der Waals surface area contributed by atoms with Crippen LogP contribution < -0.4 is 5.32 Å². The number of nitrogens with zero attached hydrogens (tertiary/aromatic N) is 2. The lowest BCUT2D eigenvalue weighted by Gasteiger charge is -2.43. The molecule has 0 radical (unpaired) electrons. The number of carbonyl (C=O) groups excluding carboxylic acids is 2. The Hall–Kier alpha value is -1.89. The highest BCUT2D eigenvalue weighted by Crippen LogP contribution is 2.41. The first-order valence-corrected chi connectivity index (χ1v) is 10.7. The number of amides is 3. The number of likely N-dealkylation sites (tertiary alicyclic amines) is 1. The van der Waals surface area contributed by atoms with Crippen molar-refractivity contribution < 1.29 is 13.8 Å². The molecule has 1 unspecified atom stereocenters. The van der Waals surface area contributed by atoms with Crippen LogP contribution in [0.1, 0.15) is 31.2 Å². The van der Waals surface area contributed by atoms with E-state index in [0.29, 0.717) is 38.4 Å². The van der Waals surface area contributed by atoms with E-state index in [1.165, 1.54) is 12.8 Å². The van der Waals surface area contributed by atoms with Crippen molar-refractivity contribution in [3.63, 3.8) is 0 Å². The van der Waals surface area contributed by atoms with Gasteiger partial charge < -0.3 is 15.1 Å². The molecule has 0 aromatic heterocycles. The third-order valence-electron chi connectivity index (χ3n) is 5.73. The summed E-state index contributed by atoms with van der Waals surface area (Å²) in [5.41, 5.74) is 1.06. The van der Waals surface area contributed by atoms with Crippen LogP contribution in [-0.4, -0.2) is 56.2 Å². The summed E-state index contributed by atoms with van der Waals surface area (Å²) >= 11 is 0. The second-order valence-corrected chi connectivity index (χ2v) is 9.25. The molecule has 4 rings (SSSR count). The van der Waals surface area contributed by atoms with Gasteiger partial charge in [0.15, 0.2) is 0 Å². The molecule has 3 fully saturated rings. The van der Waals surface area contributed by atoms with E-state index >= 15 is 0 Å². The number of carbonyl (C=O) groups is 2. The van der Waals surface area contributed by atoms with Crippen molar-refractivity contribution in [2.75, 3.05) is 25.4 Å². The molecular weight excluding hydrogens is 350 g/mol. The number of benzene rings is 1. The van der Waals surface area contributed by atoms with Crippen molar-refractivity contribution in [2.45, 2.75) is 37.1 Å². The Labute approximate surface area is 156 Å². The summed E-state index contributed by atoms with van der Waals surface area (Å²) < 4.78 is 12.7. The van der Waals surface area contributed by atoms with Gasteiger partial charge >= 0.3 is 6.03 Å². The van der Waals surface area contributed by atoms with Crippen molar-refractivity contribution in [1.82, 2.24) is 15.1 Å². The van der Waals surface area contributed by atoms with Gasteiger partial charge in [-0.05, 0) is 24.3 Å². The second-order valence-electron chi connectivity index (χ2n) is 7.52. The molecule has 0 bridgehead atoms. The molecule has 6 nitrogen and oxygen atoms in total. The van der Waals surface area contributed by atoms with Gasteiger partial charge in [-0.3, -0.25) is 9.00 Å². The van der Waals surface area contributed by atoms with Crippen LogP contribution in [0, 0.1) is 5.92 Å². The molecule has 26 heavy (non-hydrogen) atoms. The van der Waals surface area contributed by atoms with Gasteiger partial charge in [0.05, 0.1) is 10.8 Å². The highest BCUT2D eigenvalue weighted by atomic mass is 32.2. The molecule has 1 aromatic carbocycles. The normalized spacial score (nSPS) is 24.9. The van der Waals surface area contributed by atoms with Gasteiger partial charge in [0.1, 0.15) is 10.6 Å². The van der Waals surface area contributed by atoms with Crippen molar-refractivity contribution >= 4 is 22.7 Å². The molecule has 3 amide bonds. The maximum Gasteiger partial charge on any atom is 0.317 e. The Morgan fingerprint density at radius 2 is 1.88 bits per heavy atom. The SMILES string of the molecule is O=C(NCc1ccccc1)N1CCC2(CC1)N(CC1CC1)C(=O)CS2=O. The zero-order valence-electron chi connectivity index (χ0n) is 14.9. The van der Waals surface area contributed by atoms with E-state index in [2.05, 4.69) is 5.32 Å². The Balaban J connectivity index is 1.35. The number of piperidine rings is 1. The number of nitrogens with one attached hydrogen (secondary N) is 1. The fourth-order valence-corrected chi connectivity index (χ4v) is 5.65. The van der Waals surface area contributed by atoms with E-state index in [1.54, 1.807) is 4.90 Å². The predicted octanol–water partition coefficient (Wildman–Crippen LogP) is 1.69. The van der Waals surface area contributed by atoms with Gasteiger partial charge in [0, 0.05) is 39.0 Å². The quantitative estimate of drug-likeness (QED) is 0.871. The summed E-state index contributed by atoms with van der Waals surface area (Å²) in [5.74, 6) is 0.753. The summed E-state index contributed by atoms with van der Waals surface area (Å²) in [5, 5.41) is 2.95. The van der Waals surface area contributed by atoms with Crippen LogP contribution in [0.4, 0.5) is 4.79 Å². The molecule has 2 aliphatic heterocycles. The largest absolute Gasteiger partial charge is 0.334 e. The van der Waals surface area contributed by atoms with Gasteiger partial charge in [0.2, 0.25) is 5.91 Å². The van der Waals surface area contributed by atoms with Crippen LogP contribution in [0.3, 0.4) is 0 Å². The molecule has 1 aromatic rings. The van der Waals surface area contributed by atoms with E-state index in [9.17, 15) is 13.8 Å². The lowest BCUT2D eigenvalue weighted by Crippen LogP contribution is -2.57. The molecule has 2 heterocycles.